The van der Waals surface area contributed by atoms with Gasteiger partial charge in [-0.15, -0.1) is 0 Å². The van der Waals surface area contributed by atoms with Crippen molar-refractivity contribution in [2.75, 3.05) is 117 Å². The number of carbonyl (C=O) groups is 1. The number of aromatic nitrogens is 3. The van der Waals surface area contributed by atoms with Crippen LogP contribution >= 0.6 is 11.9 Å². The second-order valence-corrected chi connectivity index (χ2v) is 19.1. The summed E-state index contributed by atoms with van der Waals surface area (Å²) in [5.74, 6) is 8.16. The maximum absolute atomic E-state index is 14.9. The predicted molar refractivity (Wildman–Crippen MR) is 280 cm³/mol. The third kappa shape index (κ3) is 15.8. The summed E-state index contributed by atoms with van der Waals surface area (Å²) in [5, 5.41) is 17.3. The smallest absolute Gasteiger partial charge is 0.406 e. The fraction of sp³-hybridized carbons (Fsp3) is 0.453. The van der Waals surface area contributed by atoms with Gasteiger partial charge in [-0.2, -0.15) is 13.2 Å². The standard InChI is InChI=1S/C53H65F4N9O7S/c1-35-51(36(2)73-63-35)38-27-47(52(69-6)61-31-38)60-30-37-10-7-12-40(26-37)72-33-50(67)59-19-22-70-24-25-71-23-21-65(4)74-41-15-16-46(49(29-41)68-5)58-18-9-11-39-28-42-44(62-45-17-20-64(3)32-43(45)54)13-8-14-48(42)66(39)34-53(55,56)57/h8,10,13-16,26-29,31,43,45,58,60,62H,7,12,17-25,30,32-34H2,1-6H3,(H,59,67)/t43-,45?/m0/s1. The fourth-order valence-corrected chi connectivity index (χ4v) is 9.40. The van der Waals surface area contributed by atoms with E-state index in [1.807, 2.05) is 67.5 Å². The summed E-state index contributed by atoms with van der Waals surface area (Å²) in [7, 11) is 6.95. The average Bonchev–Trinajstić information content (AvgIpc) is 3.90. The number of hydrogen-bond donors (Lipinski definition) is 4. The van der Waals surface area contributed by atoms with Crippen LogP contribution < -0.4 is 30.7 Å². The first-order valence-electron chi connectivity index (χ1n) is 24.4. The number of anilines is 3. The Balaban J connectivity index is 0.769. The molecule has 7 rings (SSSR count). The van der Waals surface area contributed by atoms with Crippen LogP contribution in [0.25, 0.3) is 22.0 Å². The third-order valence-corrected chi connectivity index (χ3v) is 13.2. The lowest BCUT2D eigenvalue weighted by Gasteiger charge is -2.33. The van der Waals surface area contributed by atoms with Gasteiger partial charge < -0.3 is 58.9 Å². The molecule has 0 bridgehead atoms. The van der Waals surface area contributed by atoms with Gasteiger partial charge in [0.25, 0.3) is 5.91 Å². The largest absolute Gasteiger partial charge is 0.495 e. The van der Waals surface area contributed by atoms with Gasteiger partial charge >= 0.3 is 6.18 Å². The average molecular weight is 1050 g/mol. The molecule has 0 saturated carbocycles. The highest BCUT2D eigenvalue weighted by molar-refractivity contribution is 7.97. The number of nitrogens with zero attached hydrogens (tertiary/aromatic N) is 5. The van der Waals surface area contributed by atoms with Gasteiger partial charge in [0.05, 0.1) is 87.3 Å². The highest BCUT2D eigenvalue weighted by Crippen LogP contribution is 2.35. The van der Waals surface area contributed by atoms with Gasteiger partial charge in [0.2, 0.25) is 5.88 Å². The molecule has 2 aromatic carbocycles. The van der Waals surface area contributed by atoms with E-state index >= 15 is 0 Å². The second kappa shape index (κ2) is 26.7. The number of likely N-dealkylation sites (N-methyl/N-ethyl adjacent to an activating group) is 1. The van der Waals surface area contributed by atoms with E-state index in [1.165, 1.54) is 11.9 Å². The van der Waals surface area contributed by atoms with Crippen molar-refractivity contribution in [1.82, 2.24) is 29.2 Å². The van der Waals surface area contributed by atoms with E-state index in [-0.39, 0.29) is 31.3 Å². The zero-order chi connectivity index (χ0) is 52.6. The Kier molecular flexibility index (Phi) is 19.9. The van der Waals surface area contributed by atoms with E-state index in [0.717, 1.165) is 56.3 Å². The van der Waals surface area contributed by atoms with E-state index in [0.29, 0.717) is 98.6 Å². The number of nitrogens with one attached hydrogen (secondary N) is 4. The topological polar surface area (TPSA) is 162 Å². The molecule has 2 atom stereocenters. The number of amides is 1. The number of rotatable bonds is 25. The normalized spacial score (nSPS) is 16.0. The number of piperidine rings is 1. The monoisotopic (exact) mass is 1050 g/mol. The lowest BCUT2D eigenvalue weighted by molar-refractivity contribution is -0.140. The van der Waals surface area contributed by atoms with Gasteiger partial charge in [0.15, 0.2) is 6.61 Å². The lowest BCUT2D eigenvalue weighted by Crippen LogP contribution is -2.46. The van der Waals surface area contributed by atoms with Crippen LogP contribution in [0.1, 0.15) is 36.4 Å². The summed E-state index contributed by atoms with van der Waals surface area (Å²) < 4.78 is 93.2. The molecule has 21 heteroatoms. The van der Waals surface area contributed by atoms with E-state index < -0.39 is 24.9 Å². The van der Waals surface area contributed by atoms with Crippen LogP contribution in [0.5, 0.6) is 11.6 Å². The number of halogens is 4. The Morgan fingerprint density at radius 1 is 1.01 bits per heavy atom. The molecule has 398 valence electrons. The minimum absolute atomic E-state index is 0.0978. The highest BCUT2D eigenvalue weighted by atomic mass is 32.2. The number of hydrogen-bond acceptors (Lipinski definition) is 15. The Morgan fingerprint density at radius 3 is 2.59 bits per heavy atom. The number of carbonyl (C=O) groups excluding carboxylic acids is 1. The Labute approximate surface area is 433 Å². The van der Waals surface area contributed by atoms with Crippen molar-refractivity contribution in [1.29, 1.82) is 0 Å². The summed E-state index contributed by atoms with van der Waals surface area (Å²) in [4.78, 5) is 19.8. The lowest BCUT2D eigenvalue weighted by atomic mass is 10.0. The van der Waals surface area contributed by atoms with Crippen molar-refractivity contribution in [3.8, 4) is 34.6 Å². The molecule has 1 unspecified atom stereocenters. The minimum atomic E-state index is -4.48. The molecule has 0 radical (unpaired) electrons. The molecule has 4 heterocycles. The van der Waals surface area contributed by atoms with E-state index in [4.69, 9.17) is 28.2 Å². The maximum atomic E-state index is 14.9. The molecule has 1 aliphatic heterocycles. The molecule has 4 N–H and O–H groups in total. The molecule has 3 aromatic heterocycles. The summed E-state index contributed by atoms with van der Waals surface area (Å²) in [6.07, 6.45) is 2.30. The van der Waals surface area contributed by atoms with Crippen LogP contribution in [0.4, 0.5) is 34.6 Å². The van der Waals surface area contributed by atoms with E-state index in [9.17, 15) is 22.4 Å². The number of ether oxygens (including phenoxy) is 5. The van der Waals surface area contributed by atoms with Crippen molar-refractivity contribution >= 4 is 45.8 Å². The number of fused-ring (bicyclic) bond motifs is 1. The quantitative estimate of drug-likeness (QED) is 0.0190. The number of pyridine rings is 1. The van der Waals surface area contributed by atoms with Crippen molar-refractivity contribution in [3.63, 3.8) is 0 Å². The minimum Gasteiger partial charge on any atom is -0.495 e. The number of allylic oxidation sites excluding steroid dienone is 2. The van der Waals surface area contributed by atoms with Gasteiger partial charge in [-0.05, 0) is 113 Å². The van der Waals surface area contributed by atoms with Crippen molar-refractivity contribution < 1.29 is 50.6 Å². The zero-order valence-electron chi connectivity index (χ0n) is 42.6. The van der Waals surface area contributed by atoms with Crippen LogP contribution in [-0.2, 0) is 25.5 Å². The van der Waals surface area contributed by atoms with Crippen molar-refractivity contribution in [2.24, 2.45) is 0 Å². The van der Waals surface area contributed by atoms with Crippen LogP contribution in [0.3, 0.4) is 0 Å². The van der Waals surface area contributed by atoms with Gasteiger partial charge in [0.1, 0.15) is 24.2 Å². The molecule has 16 nitrogen and oxygen atoms in total. The molecular formula is C53H65F4N9O7S. The molecular weight excluding hydrogens is 983 g/mol. The van der Waals surface area contributed by atoms with Crippen LogP contribution in [0.2, 0.25) is 0 Å². The number of alkyl halides is 4. The summed E-state index contributed by atoms with van der Waals surface area (Å²) >= 11 is 1.51. The summed E-state index contributed by atoms with van der Waals surface area (Å²) in [5.41, 5.74) is 6.13. The van der Waals surface area contributed by atoms with Crippen LogP contribution in [-0.4, -0.2) is 149 Å². The van der Waals surface area contributed by atoms with Crippen molar-refractivity contribution in [2.45, 2.75) is 62.9 Å². The van der Waals surface area contributed by atoms with Crippen LogP contribution in [0, 0.1) is 25.7 Å². The molecule has 0 spiro atoms. The van der Waals surface area contributed by atoms with Crippen LogP contribution in [0.15, 0.2) is 87.6 Å². The molecule has 1 fully saturated rings. The van der Waals surface area contributed by atoms with Gasteiger partial charge in [-0.25, -0.2) is 13.7 Å². The van der Waals surface area contributed by atoms with Gasteiger partial charge in [-0.3, -0.25) is 4.79 Å². The molecule has 1 aliphatic carbocycles. The van der Waals surface area contributed by atoms with Crippen molar-refractivity contribution in [3.05, 3.63) is 95.4 Å². The summed E-state index contributed by atoms with van der Waals surface area (Å²) in [6, 6.07) is 13.9. The Hall–Kier alpha value is -6.44. The van der Waals surface area contributed by atoms with Gasteiger partial charge in [-0.1, -0.05) is 23.2 Å². The Bertz CT molecular complexity index is 2790. The first-order chi connectivity index (χ1) is 35.7. The van der Waals surface area contributed by atoms with Gasteiger partial charge in [0, 0.05) is 72.4 Å². The number of likely N-dealkylation sites (tertiary alicyclic amines) is 1. The Morgan fingerprint density at radius 2 is 1.84 bits per heavy atom. The summed E-state index contributed by atoms with van der Waals surface area (Å²) in [6.45, 7) is 6.64. The predicted octanol–water partition coefficient (Wildman–Crippen LogP) is 8.63. The highest BCUT2D eigenvalue weighted by Gasteiger charge is 2.31. The molecule has 1 saturated heterocycles. The number of benzene rings is 2. The third-order valence-electron chi connectivity index (χ3n) is 12.3. The first kappa shape index (κ1) is 55.3. The molecule has 2 aliphatic rings. The van der Waals surface area contributed by atoms with E-state index in [2.05, 4.69) is 49.3 Å². The van der Waals surface area contributed by atoms with E-state index in [1.54, 1.807) is 44.7 Å². The SMILES string of the molecule is COc1cc(SN(C)CCOCCOCCNC(=O)COC2=CC(CNc3cc(-c4c(C)noc4C)cnc3OC)=CCC2)ccc1NCC#Cc1cc2c(NC3CCN(C)C[C@@H]3F)cccc2n1CC(F)(F)F. The maximum Gasteiger partial charge on any atom is 0.406 e. The number of methoxy groups -OCH3 is 2. The molecule has 74 heavy (non-hydrogen) atoms. The zero-order valence-corrected chi connectivity index (χ0v) is 43.4. The number of aryl methyl sites for hydroxylation is 2. The molecule has 1 amide bonds. The fourth-order valence-electron chi connectivity index (χ4n) is 8.59. The first-order valence-corrected chi connectivity index (χ1v) is 25.2. The molecule has 5 aromatic rings. The second-order valence-electron chi connectivity index (χ2n) is 17.9.